The number of likely N-dealkylation sites (tertiary alicyclic amines) is 1. The standard InChI is InChI=1S/C16H28N4O2/c1-11(2)12(3)18-16(22)20-8-5-13(6-9-20)14(21)15-17-7-10-19(15)4/h7,10-14,21H,5-6,8-9H2,1-4H3,(H,18,22). The third-order valence-electron chi connectivity index (χ3n) is 4.75. The molecule has 2 amide bonds. The summed E-state index contributed by atoms with van der Waals surface area (Å²) < 4.78 is 1.86. The molecule has 2 heterocycles. The molecule has 0 aromatic carbocycles. The number of nitrogens with one attached hydrogen (secondary N) is 1. The number of piperidine rings is 1. The molecule has 1 aliphatic rings. The maximum atomic E-state index is 12.2. The van der Waals surface area contributed by atoms with Crippen molar-refractivity contribution < 1.29 is 9.90 Å². The van der Waals surface area contributed by atoms with Crippen LogP contribution in [0.25, 0.3) is 0 Å². The van der Waals surface area contributed by atoms with E-state index < -0.39 is 6.10 Å². The average molecular weight is 308 g/mol. The summed E-state index contributed by atoms with van der Waals surface area (Å²) in [6, 6.07) is 0.175. The first kappa shape index (κ1) is 16.8. The number of aliphatic hydroxyl groups is 1. The van der Waals surface area contributed by atoms with Gasteiger partial charge in [-0.05, 0) is 31.6 Å². The molecule has 2 rings (SSSR count). The van der Waals surface area contributed by atoms with Crippen LogP contribution in [-0.2, 0) is 7.05 Å². The van der Waals surface area contributed by atoms with E-state index in [1.807, 2.05) is 29.6 Å². The van der Waals surface area contributed by atoms with Crippen LogP contribution in [0.5, 0.6) is 0 Å². The largest absolute Gasteiger partial charge is 0.385 e. The first-order valence-electron chi connectivity index (χ1n) is 8.11. The number of hydrogen-bond acceptors (Lipinski definition) is 3. The molecule has 1 saturated heterocycles. The molecule has 2 unspecified atom stereocenters. The summed E-state index contributed by atoms with van der Waals surface area (Å²) in [6.45, 7) is 7.59. The zero-order chi connectivity index (χ0) is 16.3. The minimum absolute atomic E-state index is 0.00568. The molecule has 0 saturated carbocycles. The first-order valence-corrected chi connectivity index (χ1v) is 8.11. The van der Waals surface area contributed by atoms with Crippen molar-refractivity contribution in [1.29, 1.82) is 0 Å². The highest BCUT2D eigenvalue weighted by atomic mass is 16.3. The lowest BCUT2D eigenvalue weighted by Crippen LogP contribution is -2.48. The van der Waals surface area contributed by atoms with Gasteiger partial charge in [-0.1, -0.05) is 13.8 Å². The number of rotatable bonds is 4. The molecule has 2 atom stereocenters. The maximum Gasteiger partial charge on any atom is 0.317 e. The van der Waals surface area contributed by atoms with Gasteiger partial charge in [0, 0.05) is 38.6 Å². The topological polar surface area (TPSA) is 70.4 Å². The number of hydrogen-bond donors (Lipinski definition) is 2. The van der Waals surface area contributed by atoms with E-state index in [0.717, 1.165) is 12.8 Å². The van der Waals surface area contributed by atoms with E-state index in [1.165, 1.54) is 0 Å². The minimum atomic E-state index is -0.556. The molecule has 1 aromatic heterocycles. The van der Waals surface area contributed by atoms with Crippen molar-refractivity contribution in [2.24, 2.45) is 18.9 Å². The highest BCUT2D eigenvalue weighted by Crippen LogP contribution is 2.29. The summed E-state index contributed by atoms with van der Waals surface area (Å²) >= 11 is 0. The van der Waals surface area contributed by atoms with Crippen LogP contribution < -0.4 is 5.32 Å². The van der Waals surface area contributed by atoms with Crippen LogP contribution in [0.4, 0.5) is 4.79 Å². The van der Waals surface area contributed by atoms with Crippen LogP contribution in [0, 0.1) is 11.8 Å². The van der Waals surface area contributed by atoms with Crippen LogP contribution in [0.1, 0.15) is 45.5 Å². The molecular formula is C16H28N4O2. The van der Waals surface area contributed by atoms with Crippen molar-refractivity contribution in [3.63, 3.8) is 0 Å². The molecule has 0 aliphatic carbocycles. The Hall–Kier alpha value is -1.56. The van der Waals surface area contributed by atoms with E-state index in [4.69, 9.17) is 0 Å². The number of carbonyl (C=O) groups is 1. The van der Waals surface area contributed by atoms with Gasteiger partial charge in [0.2, 0.25) is 0 Å². The Kier molecular flexibility index (Phi) is 5.45. The molecular weight excluding hydrogens is 280 g/mol. The third kappa shape index (κ3) is 3.80. The lowest BCUT2D eigenvalue weighted by Gasteiger charge is -2.35. The lowest BCUT2D eigenvalue weighted by atomic mass is 9.91. The molecule has 1 fully saturated rings. The van der Waals surface area contributed by atoms with E-state index in [-0.39, 0.29) is 18.0 Å². The molecule has 124 valence electrons. The Balaban J connectivity index is 1.85. The number of carbonyl (C=O) groups excluding carboxylic acids is 1. The highest BCUT2D eigenvalue weighted by Gasteiger charge is 2.30. The van der Waals surface area contributed by atoms with E-state index in [9.17, 15) is 9.90 Å². The van der Waals surface area contributed by atoms with Crippen LogP contribution in [0.3, 0.4) is 0 Å². The minimum Gasteiger partial charge on any atom is -0.385 e. The number of imidazole rings is 1. The number of nitrogens with zero attached hydrogens (tertiary/aromatic N) is 3. The monoisotopic (exact) mass is 308 g/mol. The maximum absolute atomic E-state index is 12.2. The molecule has 6 nitrogen and oxygen atoms in total. The van der Waals surface area contributed by atoms with E-state index in [1.54, 1.807) is 6.20 Å². The number of aryl methyl sites for hydroxylation is 1. The first-order chi connectivity index (χ1) is 10.4. The van der Waals surface area contributed by atoms with Crippen molar-refractivity contribution in [1.82, 2.24) is 19.8 Å². The Labute approximate surface area is 132 Å². The van der Waals surface area contributed by atoms with Gasteiger partial charge in [-0.2, -0.15) is 0 Å². The number of aliphatic hydroxyl groups excluding tert-OH is 1. The normalized spacial score (nSPS) is 19.3. The van der Waals surface area contributed by atoms with Crippen LogP contribution in [0.2, 0.25) is 0 Å². The summed E-state index contributed by atoms with van der Waals surface area (Å²) in [7, 11) is 1.89. The third-order valence-corrected chi connectivity index (χ3v) is 4.75. The number of aromatic nitrogens is 2. The quantitative estimate of drug-likeness (QED) is 0.893. The van der Waals surface area contributed by atoms with E-state index in [0.29, 0.717) is 24.8 Å². The Morgan fingerprint density at radius 2 is 2.00 bits per heavy atom. The predicted octanol–water partition coefficient (Wildman–Crippen LogP) is 1.92. The van der Waals surface area contributed by atoms with Gasteiger partial charge in [-0.25, -0.2) is 9.78 Å². The molecule has 2 N–H and O–H groups in total. The molecule has 0 radical (unpaired) electrons. The fraction of sp³-hybridized carbons (Fsp3) is 0.750. The van der Waals surface area contributed by atoms with E-state index in [2.05, 4.69) is 24.1 Å². The van der Waals surface area contributed by atoms with Gasteiger partial charge in [0.1, 0.15) is 11.9 Å². The molecule has 22 heavy (non-hydrogen) atoms. The van der Waals surface area contributed by atoms with Crippen molar-refractivity contribution in [2.45, 2.75) is 45.8 Å². The summed E-state index contributed by atoms with van der Waals surface area (Å²) in [6.07, 6.45) is 4.59. The van der Waals surface area contributed by atoms with Gasteiger partial charge in [-0.15, -0.1) is 0 Å². The van der Waals surface area contributed by atoms with Crippen LogP contribution in [-0.4, -0.2) is 44.7 Å². The zero-order valence-corrected chi connectivity index (χ0v) is 14.0. The number of amides is 2. The Morgan fingerprint density at radius 1 is 1.36 bits per heavy atom. The van der Waals surface area contributed by atoms with Crippen molar-refractivity contribution in [2.75, 3.05) is 13.1 Å². The Bertz CT molecular complexity index is 492. The zero-order valence-electron chi connectivity index (χ0n) is 14.0. The van der Waals surface area contributed by atoms with Gasteiger partial charge in [0.05, 0.1) is 0 Å². The van der Waals surface area contributed by atoms with Crippen molar-refractivity contribution in [3.8, 4) is 0 Å². The lowest BCUT2D eigenvalue weighted by molar-refractivity contribution is 0.0579. The van der Waals surface area contributed by atoms with Gasteiger partial charge in [0.25, 0.3) is 0 Å². The molecule has 0 bridgehead atoms. The molecule has 1 aliphatic heterocycles. The average Bonchev–Trinajstić information content (AvgIpc) is 2.92. The van der Waals surface area contributed by atoms with Crippen LogP contribution in [0.15, 0.2) is 12.4 Å². The fourth-order valence-corrected chi connectivity index (χ4v) is 2.74. The second-order valence-corrected chi connectivity index (χ2v) is 6.65. The van der Waals surface area contributed by atoms with E-state index >= 15 is 0 Å². The summed E-state index contributed by atoms with van der Waals surface area (Å²) in [5.74, 6) is 1.29. The molecule has 6 heteroatoms. The smallest absolute Gasteiger partial charge is 0.317 e. The highest BCUT2D eigenvalue weighted by molar-refractivity contribution is 5.74. The fourth-order valence-electron chi connectivity index (χ4n) is 2.74. The Morgan fingerprint density at radius 3 is 2.50 bits per heavy atom. The summed E-state index contributed by atoms with van der Waals surface area (Å²) in [4.78, 5) is 18.3. The van der Waals surface area contributed by atoms with Gasteiger partial charge < -0.3 is 19.9 Å². The van der Waals surface area contributed by atoms with Crippen molar-refractivity contribution >= 4 is 6.03 Å². The molecule has 0 spiro atoms. The second-order valence-electron chi connectivity index (χ2n) is 6.65. The molecule has 1 aromatic rings. The van der Waals surface area contributed by atoms with Gasteiger partial charge in [-0.3, -0.25) is 0 Å². The predicted molar refractivity (Wildman–Crippen MR) is 85.3 cm³/mol. The SMILES string of the molecule is CC(C)C(C)NC(=O)N1CCC(C(O)c2nccn2C)CC1. The van der Waals surface area contributed by atoms with Gasteiger partial charge in [0.15, 0.2) is 0 Å². The van der Waals surface area contributed by atoms with Crippen molar-refractivity contribution in [3.05, 3.63) is 18.2 Å². The number of urea groups is 1. The summed E-state index contributed by atoms with van der Waals surface area (Å²) in [5, 5.41) is 13.5. The second kappa shape index (κ2) is 7.13. The summed E-state index contributed by atoms with van der Waals surface area (Å²) in [5.41, 5.74) is 0. The van der Waals surface area contributed by atoms with Gasteiger partial charge >= 0.3 is 6.03 Å². The van der Waals surface area contributed by atoms with Crippen LogP contribution >= 0.6 is 0 Å².